The van der Waals surface area contributed by atoms with Crippen molar-refractivity contribution in [1.82, 2.24) is 0 Å². The number of aliphatic carboxylic acids is 1. The summed E-state index contributed by atoms with van der Waals surface area (Å²) in [7, 11) is 0. The van der Waals surface area contributed by atoms with Crippen LogP contribution in [0.4, 0.5) is 0 Å². The van der Waals surface area contributed by atoms with Crippen molar-refractivity contribution in [1.29, 1.82) is 0 Å². The monoisotopic (exact) mass is 159 g/mol. The second kappa shape index (κ2) is 4.71. The van der Waals surface area contributed by atoms with Crippen LogP contribution in [0.3, 0.4) is 0 Å². The first-order valence-electron chi connectivity index (χ1n) is 3.26. The molecule has 0 amide bonds. The van der Waals surface area contributed by atoms with Crippen LogP contribution in [0.25, 0.3) is 0 Å². The molecule has 0 rings (SSSR count). The SMILES string of the molecule is [CH2]CC(=O)OC(C)CC(=O)O. The van der Waals surface area contributed by atoms with Gasteiger partial charge >= 0.3 is 11.9 Å². The Morgan fingerprint density at radius 3 is 2.55 bits per heavy atom. The molecule has 63 valence electrons. The molecule has 1 N–H and O–H groups in total. The highest BCUT2D eigenvalue weighted by atomic mass is 16.5. The van der Waals surface area contributed by atoms with Gasteiger partial charge in [0.15, 0.2) is 0 Å². The zero-order valence-corrected chi connectivity index (χ0v) is 6.37. The van der Waals surface area contributed by atoms with Crippen LogP contribution in [-0.2, 0) is 14.3 Å². The number of rotatable bonds is 4. The third-order valence-electron chi connectivity index (χ3n) is 0.999. The Labute approximate surface area is 65.2 Å². The summed E-state index contributed by atoms with van der Waals surface area (Å²) in [6.07, 6.45) is -0.697. The highest BCUT2D eigenvalue weighted by molar-refractivity contribution is 5.71. The zero-order chi connectivity index (χ0) is 8.85. The van der Waals surface area contributed by atoms with Crippen molar-refractivity contribution in [3.8, 4) is 0 Å². The summed E-state index contributed by atoms with van der Waals surface area (Å²) in [5.74, 6) is -1.45. The number of carboxylic acid groups (broad SMARTS) is 1. The van der Waals surface area contributed by atoms with Gasteiger partial charge in [-0.25, -0.2) is 0 Å². The third kappa shape index (κ3) is 5.39. The van der Waals surface area contributed by atoms with Gasteiger partial charge in [-0.05, 0) is 13.8 Å². The molecule has 0 aromatic carbocycles. The van der Waals surface area contributed by atoms with Gasteiger partial charge in [0.05, 0.1) is 6.42 Å². The van der Waals surface area contributed by atoms with Gasteiger partial charge in [0.25, 0.3) is 0 Å². The Bertz CT molecular complexity index is 153. The average Bonchev–Trinajstić information content (AvgIpc) is 1.85. The highest BCUT2D eigenvalue weighted by Gasteiger charge is 2.10. The van der Waals surface area contributed by atoms with Crippen LogP contribution in [0.2, 0.25) is 0 Å². The van der Waals surface area contributed by atoms with E-state index in [-0.39, 0.29) is 12.8 Å². The molecule has 0 fully saturated rings. The lowest BCUT2D eigenvalue weighted by molar-refractivity contribution is -0.151. The number of hydrogen-bond donors (Lipinski definition) is 1. The average molecular weight is 159 g/mol. The van der Waals surface area contributed by atoms with Gasteiger partial charge in [-0.3, -0.25) is 9.59 Å². The molecule has 0 aromatic rings. The third-order valence-corrected chi connectivity index (χ3v) is 0.999. The second-order valence-electron chi connectivity index (χ2n) is 2.15. The lowest BCUT2D eigenvalue weighted by Gasteiger charge is -2.08. The molecule has 4 nitrogen and oxygen atoms in total. The van der Waals surface area contributed by atoms with Crippen molar-refractivity contribution >= 4 is 11.9 Å². The first-order chi connectivity index (χ1) is 5.06. The van der Waals surface area contributed by atoms with E-state index in [4.69, 9.17) is 5.11 Å². The van der Waals surface area contributed by atoms with E-state index in [1.165, 1.54) is 6.92 Å². The lowest BCUT2D eigenvalue weighted by atomic mass is 10.3. The largest absolute Gasteiger partial charge is 0.481 e. The Morgan fingerprint density at radius 2 is 2.18 bits per heavy atom. The smallest absolute Gasteiger partial charge is 0.307 e. The van der Waals surface area contributed by atoms with Crippen LogP contribution in [0.5, 0.6) is 0 Å². The van der Waals surface area contributed by atoms with E-state index in [0.717, 1.165) is 0 Å². The van der Waals surface area contributed by atoms with E-state index < -0.39 is 18.0 Å². The van der Waals surface area contributed by atoms with E-state index in [2.05, 4.69) is 11.7 Å². The van der Waals surface area contributed by atoms with Crippen LogP contribution in [0.15, 0.2) is 0 Å². The van der Waals surface area contributed by atoms with E-state index in [1.807, 2.05) is 0 Å². The van der Waals surface area contributed by atoms with Gasteiger partial charge in [-0.2, -0.15) is 0 Å². The van der Waals surface area contributed by atoms with Gasteiger partial charge in [-0.1, -0.05) is 0 Å². The standard InChI is InChI=1S/C7H11O4/c1-3-7(10)11-5(2)4-6(8)9/h5H,1,3-4H2,2H3,(H,8,9). The van der Waals surface area contributed by atoms with Crippen LogP contribution >= 0.6 is 0 Å². The number of carboxylic acids is 1. The molecule has 0 aliphatic heterocycles. The number of esters is 1. The van der Waals surface area contributed by atoms with Crippen molar-refractivity contribution in [2.45, 2.75) is 25.9 Å². The van der Waals surface area contributed by atoms with Gasteiger partial charge in [0.1, 0.15) is 6.10 Å². The molecule has 0 aliphatic rings. The van der Waals surface area contributed by atoms with E-state index in [1.54, 1.807) is 0 Å². The molecule has 0 heterocycles. The normalized spacial score (nSPS) is 12.2. The molecule has 0 saturated carbocycles. The first kappa shape index (κ1) is 9.94. The number of carbonyl (C=O) groups is 2. The fourth-order valence-electron chi connectivity index (χ4n) is 0.571. The van der Waals surface area contributed by atoms with Crippen molar-refractivity contribution in [2.24, 2.45) is 0 Å². The number of ether oxygens (including phenoxy) is 1. The predicted octanol–water partition coefficient (Wildman–Crippen LogP) is 0.617. The number of hydrogen-bond acceptors (Lipinski definition) is 3. The van der Waals surface area contributed by atoms with Gasteiger partial charge < -0.3 is 9.84 Å². The Kier molecular flexibility index (Phi) is 4.26. The number of carbonyl (C=O) groups excluding carboxylic acids is 1. The summed E-state index contributed by atoms with van der Waals surface area (Å²) in [5, 5.41) is 8.26. The second-order valence-corrected chi connectivity index (χ2v) is 2.15. The van der Waals surface area contributed by atoms with Gasteiger partial charge in [0, 0.05) is 6.42 Å². The van der Waals surface area contributed by atoms with E-state index in [0.29, 0.717) is 0 Å². The molecule has 4 heteroatoms. The van der Waals surface area contributed by atoms with E-state index in [9.17, 15) is 9.59 Å². The van der Waals surface area contributed by atoms with Crippen molar-refractivity contribution in [3.63, 3.8) is 0 Å². The maximum atomic E-state index is 10.5. The summed E-state index contributed by atoms with van der Waals surface area (Å²) in [6.45, 7) is 4.83. The van der Waals surface area contributed by atoms with Crippen LogP contribution in [0.1, 0.15) is 19.8 Å². The highest BCUT2D eigenvalue weighted by Crippen LogP contribution is 1.98. The maximum Gasteiger partial charge on any atom is 0.307 e. The molecule has 1 atom stereocenters. The fourth-order valence-corrected chi connectivity index (χ4v) is 0.571. The molecule has 1 radical (unpaired) electrons. The van der Waals surface area contributed by atoms with E-state index >= 15 is 0 Å². The summed E-state index contributed by atoms with van der Waals surface area (Å²) in [4.78, 5) is 20.6. The van der Waals surface area contributed by atoms with Crippen LogP contribution in [0, 0.1) is 6.92 Å². The summed E-state index contributed by atoms with van der Waals surface area (Å²) in [6, 6.07) is 0. The minimum atomic E-state index is -0.977. The van der Waals surface area contributed by atoms with Crippen LogP contribution < -0.4 is 0 Å². The molecular weight excluding hydrogens is 148 g/mol. The molecule has 0 spiro atoms. The molecule has 0 aliphatic carbocycles. The van der Waals surface area contributed by atoms with Gasteiger partial charge in [0.2, 0.25) is 0 Å². The molecule has 0 saturated heterocycles. The first-order valence-corrected chi connectivity index (χ1v) is 3.26. The van der Waals surface area contributed by atoms with Crippen molar-refractivity contribution < 1.29 is 19.4 Å². The molecule has 0 aromatic heterocycles. The Balaban J connectivity index is 3.60. The van der Waals surface area contributed by atoms with Crippen molar-refractivity contribution in [2.75, 3.05) is 0 Å². The Morgan fingerprint density at radius 1 is 1.64 bits per heavy atom. The summed E-state index contributed by atoms with van der Waals surface area (Å²) < 4.78 is 4.63. The zero-order valence-electron chi connectivity index (χ0n) is 6.37. The Hall–Kier alpha value is -1.06. The molecular formula is C7H11O4. The maximum absolute atomic E-state index is 10.5. The molecule has 11 heavy (non-hydrogen) atoms. The fraction of sp³-hybridized carbons (Fsp3) is 0.571. The van der Waals surface area contributed by atoms with Crippen LogP contribution in [-0.4, -0.2) is 23.1 Å². The summed E-state index contributed by atoms with van der Waals surface area (Å²) in [5.41, 5.74) is 0. The minimum Gasteiger partial charge on any atom is -0.481 e. The molecule has 0 bridgehead atoms. The van der Waals surface area contributed by atoms with Crippen molar-refractivity contribution in [3.05, 3.63) is 6.92 Å². The predicted molar refractivity (Wildman–Crippen MR) is 37.8 cm³/mol. The molecule has 1 unspecified atom stereocenters. The summed E-state index contributed by atoms with van der Waals surface area (Å²) >= 11 is 0. The minimum absolute atomic E-state index is 0.0317. The lowest BCUT2D eigenvalue weighted by Crippen LogP contribution is -2.17. The van der Waals surface area contributed by atoms with Gasteiger partial charge in [-0.15, -0.1) is 0 Å². The quantitative estimate of drug-likeness (QED) is 0.610. The topological polar surface area (TPSA) is 63.6 Å².